The van der Waals surface area contributed by atoms with Crippen LogP contribution in [0.25, 0.3) is 0 Å². The summed E-state index contributed by atoms with van der Waals surface area (Å²) in [4.78, 5) is 2.52. The summed E-state index contributed by atoms with van der Waals surface area (Å²) in [6, 6.07) is 8.22. The van der Waals surface area contributed by atoms with E-state index in [1.54, 1.807) is 6.07 Å². The second kappa shape index (κ2) is 6.44. The van der Waals surface area contributed by atoms with Crippen molar-refractivity contribution in [2.75, 3.05) is 30.7 Å². The third-order valence-corrected chi connectivity index (χ3v) is 3.67. The van der Waals surface area contributed by atoms with Crippen LogP contribution in [0.5, 0.6) is 0 Å². The molecule has 1 aromatic carbocycles. The second-order valence-electron chi connectivity index (χ2n) is 5.17. The molecule has 0 aromatic heterocycles. The van der Waals surface area contributed by atoms with Crippen molar-refractivity contribution in [1.29, 1.82) is 5.26 Å². The number of nitrogens with two attached hydrogens (primary N) is 1. The molecule has 1 aromatic rings. The summed E-state index contributed by atoms with van der Waals surface area (Å²) < 4.78 is 0. The van der Waals surface area contributed by atoms with E-state index in [2.05, 4.69) is 23.2 Å². The lowest BCUT2D eigenvalue weighted by Gasteiger charge is -2.32. The van der Waals surface area contributed by atoms with Gasteiger partial charge in [0, 0.05) is 30.5 Å². The Labute approximate surface area is 115 Å². The minimum atomic E-state index is 0.503. The molecule has 1 saturated heterocycles. The minimum absolute atomic E-state index is 0.503. The molecule has 19 heavy (non-hydrogen) atoms. The van der Waals surface area contributed by atoms with Gasteiger partial charge in [0.15, 0.2) is 0 Å². The predicted molar refractivity (Wildman–Crippen MR) is 78.9 cm³/mol. The zero-order chi connectivity index (χ0) is 13.7. The smallest absolute Gasteiger partial charge is 0.101 e. The average Bonchev–Trinajstić information content (AvgIpc) is 2.43. The summed E-state index contributed by atoms with van der Waals surface area (Å²) in [5, 5.41) is 12.5. The van der Waals surface area contributed by atoms with Crippen LogP contribution in [0.15, 0.2) is 18.2 Å². The Morgan fingerprint density at radius 1 is 1.42 bits per heavy atom. The molecule has 4 nitrogen and oxygen atoms in total. The zero-order valence-corrected chi connectivity index (χ0v) is 11.5. The van der Waals surface area contributed by atoms with Gasteiger partial charge < -0.3 is 16.0 Å². The molecule has 0 saturated carbocycles. The fourth-order valence-corrected chi connectivity index (χ4v) is 2.60. The summed E-state index contributed by atoms with van der Waals surface area (Å²) in [5.41, 5.74) is 7.82. The summed E-state index contributed by atoms with van der Waals surface area (Å²) in [5.74, 6) is 0. The van der Waals surface area contributed by atoms with Crippen LogP contribution >= 0.6 is 0 Å². The van der Waals surface area contributed by atoms with Gasteiger partial charge in [-0.1, -0.05) is 6.92 Å². The van der Waals surface area contributed by atoms with E-state index < -0.39 is 0 Å². The minimum Gasteiger partial charge on any atom is -0.398 e. The first-order chi connectivity index (χ1) is 9.22. The van der Waals surface area contributed by atoms with Crippen molar-refractivity contribution < 1.29 is 0 Å². The van der Waals surface area contributed by atoms with E-state index in [9.17, 15) is 0 Å². The molecule has 0 aliphatic carbocycles. The molecular weight excluding hydrogens is 236 g/mol. The number of nitrogens with one attached hydrogen (secondary N) is 1. The molecule has 0 amide bonds. The summed E-state index contributed by atoms with van der Waals surface area (Å²) in [7, 11) is 0. The van der Waals surface area contributed by atoms with Crippen molar-refractivity contribution in [1.82, 2.24) is 4.90 Å². The van der Waals surface area contributed by atoms with Gasteiger partial charge in [-0.25, -0.2) is 0 Å². The van der Waals surface area contributed by atoms with Crippen molar-refractivity contribution in [2.24, 2.45) is 0 Å². The lowest BCUT2D eigenvalue weighted by molar-refractivity contribution is 0.219. The summed E-state index contributed by atoms with van der Waals surface area (Å²) in [6.45, 7) is 5.74. The molecule has 3 N–H and O–H groups in total. The lowest BCUT2D eigenvalue weighted by atomic mass is 10.0. The van der Waals surface area contributed by atoms with Crippen LogP contribution in [0.2, 0.25) is 0 Å². The normalized spacial score (nSPS) is 17.1. The molecule has 0 spiro atoms. The summed E-state index contributed by atoms with van der Waals surface area (Å²) >= 11 is 0. The first kappa shape index (κ1) is 13.7. The SMILES string of the molecule is CCCN1CCC(Nc2ccc(N)c(C#N)c2)CC1. The van der Waals surface area contributed by atoms with Gasteiger partial charge in [0.25, 0.3) is 0 Å². The van der Waals surface area contributed by atoms with E-state index >= 15 is 0 Å². The Balaban J connectivity index is 1.91. The Hall–Kier alpha value is -1.73. The lowest BCUT2D eigenvalue weighted by Crippen LogP contribution is -2.39. The van der Waals surface area contributed by atoms with Crippen LogP contribution in [0.3, 0.4) is 0 Å². The number of hydrogen-bond donors (Lipinski definition) is 2. The van der Waals surface area contributed by atoms with Gasteiger partial charge >= 0.3 is 0 Å². The summed E-state index contributed by atoms with van der Waals surface area (Å²) in [6.07, 6.45) is 3.54. The van der Waals surface area contributed by atoms with Crippen molar-refractivity contribution in [3.05, 3.63) is 23.8 Å². The number of hydrogen-bond acceptors (Lipinski definition) is 4. The average molecular weight is 258 g/mol. The standard InChI is InChI=1S/C15H22N4/c1-2-7-19-8-5-13(6-9-19)18-14-3-4-15(17)12(10-14)11-16/h3-4,10,13,18H,2,5-9,17H2,1H3. The monoisotopic (exact) mass is 258 g/mol. The van der Waals surface area contributed by atoms with Crippen molar-refractivity contribution in [2.45, 2.75) is 32.2 Å². The Kier molecular flexibility index (Phi) is 4.64. The fraction of sp³-hybridized carbons (Fsp3) is 0.533. The number of rotatable bonds is 4. The van der Waals surface area contributed by atoms with Crippen LogP contribution in [0, 0.1) is 11.3 Å². The quantitative estimate of drug-likeness (QED) is 0.814. The fourth-order valence-electron chi connectivity index (χ4n) is 2.60. The first-order valence-corrected chi connectivity index (χ1v) is 7.01. The molecule has 1 aliphatic rings. The van der Waals surface area contributed by atoms with Crippen LogP contribution < -0.4 is 11.1 Å². The van der Waals surface area contributed by atoms with Gasteiger partial charge in [-0.05, 0) is 44.0 Å². The number of likely N-dealkylation sites (tertiary alicyclic amines) is 1. The highest BCUT2D eigenvalue weighted by molar-refractivity contribution is 5.62. The van der Waals surface area contributed by atoms with Gasteiger partial charge in [-0.15, -0.1) is 0 Å². The highest BCUT2D eigenvalue weighted by Gasteiger charge is 2.18. The molecule has 1 heterocycles. The van der Waals surface area contributed by atoms with Gasteiger partial charge in [-0.2, -0.15) is 5.26 Å². The number of benzene rings is 1. The molecule has 0 bridgehead atoms. The van der Waals surface area contributed by atoms with E-state index in [0.717, 1.165) is 31.6 Å². The van der Waals surface area contributed by atoms with Crippen LogP contribution in [-0.4, -0.2) is 30.6 Å². The van der Waals surface area contributed by atoms with Crippen LogP contribution in [0.1, 0.15) is 31.7 Å². The van der Waals surface area contributed by atoms with E-state index in [1.807, 2.05) is 12.1 Å². The zero-order valence-electron chi connectivity index (χ0n) is 11.5. The van der Waals surface area contributed by atoms with E-state index in [-0.39, 0.29) is 0 Å². The third-order valence-electron chi connectivity index (χ3n) is 3.67. The van der Waals surface area contributed by atoms with Gasteiger partial charge in [0.05, 0.1) is 5.56 Å². The van der Waals surface area contributed by atoms with Crippen molar-refractivity contribution >= 4 is 11.4 Å². The molecule has 1 fully saturated rings. The van der Waals surface area contributed by atoms with Crippen LogP contribution in [-0.2, 0) is 0 Å². The number of piperidine rings is 1. The predicted octanol–water partition coefficient (Wildman–Crippen LogP) is 2.43. The van der Waals surface area contributed by atoms with Gasteiger partial charge in [-0.3, -0.25) is 0 Å². The molecule has 1 aliphatic heterocycles. The van der Waals surface area contributed by atoms with Crippen molar-refractivity contribution in [3.8, 4) is 6.07 Å². The molecule has 0 atom stereocenters. The molecule has 4 heteroatoms. The maximum atomic E-state index is 8.98. The number of nitriles is 1. The molecular formula is C15H22N4. The number of nitrogen functional groups attached to an aromatic ring is 1. The molecule has 0 radical (unpaired) electrons. The van der Waals surface area contributed by atoms with Gasteiger partial charge in [0.1, 0.15) is 6.07 Å². The number of anilines is 2. The Bertz CT molecular complexity index is 456. The maximum absolute atomic E-state index is 8.98. The second-order valence-corrected chi connectivity index (χ2v) is 5.17. The van der Waals surface area contributed by atoms with E-state index in [0.29, 0.717) is 17.3 Å². The largest absolute Gasteiger partial charge is 0.398 e. The molecule has 102 valence electrons. The van der Waals surface area contributed by atoms with Gasteiger partial charge in [0.2, 0.25) is 0 Å². The topological polar surface area (TPSA) is 65.1 Å². The van der Waals surface area contributed by atoms with Crippen LogP contribution in [0.4, 0.5) is 11.4 Å². The third kappa shape index (κ3) is 3.62. The highest BCUT2D eigenvalue weighted by Crippen LogP contribution is 2.20. The first-order valence-electron chi connectivity index (χ1n) is 7.01. The molecule has 2 rings (SSSR count). The molecule has 0 unspecified atom stereocenters. The Morgan fingerprint density at radius 2 is 2.16 bits per heavy atom. The number of nitrogens with zero attached hydrogens (tertiary/aromatic N) is 2. The van der Waals surface area contributed by atoms with Crippen molar-refractivity contribution in [3.63, 3.8) is 0 Å². The highest BCUT2D eigenvalue weighted by atomic mass is 15.1. The van der Waals surface area contributed by atoms with E-state index in [1.165, 1.54) is 13.0 Å². The van der Waals surface area contributed by atoms with E-state index in [4.69, 9.17) is 11.0 Å². The Morgan fingerprint density at radius 3 is 2.79 bits per heavy atom. The maximum Gasteiger partial charge on any atom is 0.101 e.